The molecule has 0 amide bonds. The summed E-state index contributed by atoms with van der Waals surface area (Å²) in [4.78, 5) is 15.8. The summed E-state index contributed by atoms with van der Waals surface area (Å²) in [5.41, 5.74) is 5.76. The summed E-state index contributed by atoms with van der Waals surface area (Å²) in [6.45, 7) is 7.18. The number of morpholine rings is 1. The van der Waals surface area contributed by atoms with Crippen LogP contribution in [-0.4, -0.2) is 61.2 Å². The Morgan fingerprint density at radius 3 is 2.63 bits per heavy atom. The van der Waals surface area contributed by atoms with E-state index in [9.17, 15) is 0 Å². The van der Waals surface area contributed by atoms with Crippen molar-refractivity contribution < 1.29 is 14.2 Å². The maximum absolute atomic E-state index is 5.57. The Kier molecular flexibility index (Phi) is 8.32. The average Bonchev–Trinajstić information content (AvgIpc) is 2.87. The van der Waals surface area contributed by atoms with Gasteiger partial charge < -0.3 is 24.4 Å². The summed E-state index contributed by atoms with van der Waals surface area (Å²) in [7, 11) is 1.61. The van der Waals surface area contributed by atoms with E-state index in [1.165, 1.54) is 0 Å². The van der Waals surface area contributed by atoms with Gasteiger partial charge >= 0.3 is 0 Å². The first kappa shape index (κ1) is 24.7. The molecular formula is C24H28BrN7O3. The summed E-state index contributed by atoms with van der Waals surface area (Å²) < 4.78 is 17.4. The highest BCUT2D eigenvalue weighted by Gasteiger charge is 2.17. The van der Waals surface area contributed by atoms with E-state index in [-0.39, 0.29) is 0 Å². The van der Waals surface area contributed by atoms with E-state index in [1.807, 2.05) is 50.2 Å². The molecule has 0 spiro atoms. The van der Waals surface area contributed by atoms with Crippen LogP contribution in [0.15, 0.2) is 46.0 Å². The summed E-state index contributed by atoms with van der Waals surface area (Å²) in [6.07, 6.45) is 1.67. The van der Waals surface area contributed by atoms with Crippen molar-refractivity contribution in [3.05, 3.63) is 52.0 Å². The molecule has 4 rings (SSSR count). The number of nitrogens with one attached hydrogen (secondary N) is 2. The van der Waals surface area contributed by atoms with Crippen LogP contribution in [0.2, 0.25) is 0 Å². The number of aryl methyl sites for hydroxylation is 1. The second-order valence-corrected chi connectivity index (χ2v) is 8.56. The van der Waals surface area contributed by atoms with E-state index < -0.39 is 0 Å². The summed E-state index contributed by atoms with van der Waals surface area (Å²) in [6, 6.07) is 11.6. The second kappa shape index (κ2) is 11.8. The van der Waals surface area contributed by atoms with E-state index in [2.05, 4.69) is 51.6 Å². The van der Waals surface area contributed by atoms with Crippen molar-refractivity contribution in [1.29, 1.82) is 0 Å². The Morgan fingerprint density at radius 2 is 1.89 bits per heavy atom. The van der Waals surface area contributed by atoms with Crippen LogP contribution >= 0.6 is 15.9 Å². The van der Waals surface area contributed by atoms with Gasteiger partial charge in [-0.1, -0.05) is 6.07 Å². The molecule has 0 radical (unpaired) electrons. The fraction of sp³-hybridized carbons (Fsp3) is 0.333. The van der Waals surface area contributed by atoms with Crippen LogP contribution in [0.25, 0.3) is 0 Å². The Morgan fingerprint density at radius 1 is 1.09 bits per heavy atom. The lowest BCUT2D eigenvalue weighted by molar-refractivity contribution is 0.122. The van der Waals surface area contributed by atoms with Crippen LogP contribution in [0.5, 0.6) is 11.5 Å². The third-order valence-electron chi connectivity index (χ3n) is 5.15. The van der Waals surface area contributed by atoms with Crippen molar-refractivity contribution in [3.8, 4) is 11.5 Å². The molecule has 1 aliphatic heterocycles. The zero-order valence-corrected chi connectivity index (χ0v) is 21.5. The molecule has 1 saturated heterocycles. The minimum absolute atomic E-state index is 0.321. The van der Waals surface area contributed by atoms with Gasteiger partial charge in [-0.05, 0) is 71.2 Å². The van der Waals surface area contributed by atoms with Crippen molar-refractivity contribution in [3.63, 3.8) is 0 Å². The molecule has 184 valence electrons. The van der Waals surface area contributed by atoms with Crippen LogP contribution in [0, 0.1) is 6.92 Å². The SMILES string of the molecule is CCOc1ccc(/C=N/Nc2nc(Nc3ccc(C)cc3Br)nc(N3CCOCC3)n2)cc1OC. The fourth-order valence-electron chi connectivity index (χ4n) is 3.42. The van der Waals surface area contributed by atoms with Crippen molar-refractivity contribution in [2.45, 2.75) is 13.8 Å². The first-order chi connectivity index (χ1) is 17.1. The third-order valence-corrected chi connectivity index (χ3v) is 5.81. The highest BCUT2D eigenvalue weighted by molar-refractivity contribution is 9.10. The van der Waals surface area contributed by atoms with Crippen LogP contribution in [-0.2, 0) is 4.74 Å². The van der Waals surface area contributed by atoms with Gasteiger partial charge in [0.2, 0.25) is 17.8 Å². The topological polar surface area (TPSA) is 106 Å². The normalized spacial score (nSPS) is 13.7. The lowest BCUT2D eigenvalue weighted by Gasteiger charge is -2.27. The molecule has 0 saturated carbocycles. The second-order valence-electron chi connectivity index (χ2n) is 7.70. The van der Waals surface area contributed by atoms with Crippen molar-refractivity contribution in [2.24, 2.45) is 5.10 Å². The lowest BCUT2D eigenvalue weighted by atomic mass is 10.2. The molecule has 1 aliphatic rings. The largest absolute Gasteiger partial charge is 0.493 e. The van der Waals surface area contributed by atoms with Gasteiger partial charge in [0.15, 0.2) is 11.5 Å². The number of hydrogen-bond acceptors (Lipinski definition) is 10. The number of nitrogens with zero attached hydrogens (tertiary/aromatic N) is 5. The highest BCUT2D eigenvalue weighted by atomic mass is 79.9. The Labute approximate surface area is 212 Å². The maximum atomic E-state index is 5.57. The fourth-order valence-corrected chi connectivity index (χ4v) is 4.01. The van der Waals surface area contributed by atoms with Crippen LogP contribution < -0.4 is 25.1 Å². The molecule has 11 heteroatoms. The molecule has 2 N–H and O–H groups in total. The lowest BCUT2D eigenvalue weighted by Crippen LogP contribution is -2.37. The Balaban J connectivity index is 1.56. The van der Waals surface area contributed by atoms with E-state index in [1.54, 1.807) is 13.3 Å². The minimum atomic E-state index is 0.321. The van der Waals surface area contributed by atoms with Crippen molar-refractivity contribution in [2.75, 3.05) is 55.7 Å². The number of halogens is 1. The van der Waals surface area contributed by atoms with Gasteiger partial charge in [-0.25, -0.2) is 5.43 Å². The predicted molar refractivity (Wildman–Crippen MR) is 140 cm³/mol. The van der Waals surface area contributed by atoms with Gasteiger partial charge in [-0.2, -0.15) is 20.1 Å². The smallest absolute Gasteiger partial charge is 0.250 e. The Bertz CT molecular complexity index is 1190. The van der Waals surface area contributed by atoms with Gasteiger partial charge in [-0.15, -0.1) is 0 Å². The minimum Gasteiger partial charge on any atom is -0.493 e. The number of methoxy groups -OCH3 is 1. The summed E-state index contributed by atoms with van der Waals surface area (Å²) >= 11 is 3.59. The van der Waals surface area contributed by atoms with E-state index in [0.717, 1.165) is 21.3 Å². The molecule has 1 fully saturated rings. The van der Waals surface area contributed by atoms with Crippen molar-refractivity contribution >= 4 is 45.7 Å². The quantitative estimate of drug-likeness (QED) is 0.301. The first-order valence-electron chi connectivity index (χ1n) is 11.3. The molecule has 35 heavy (non-hydrogen) atoms. The molecule has 0 bridgehead atoms. The molecule has 0 unspecified atom stereocenters. The number of anilines is 4. The average molecular weight is 542 g/mol. The molecule has 3 aromatic rings. The van der Waals surface area contributed by atoms with E-state index in [4.69, 9.17) is 14.2 Å². The molecule has 2 aromatic carbocycles. The number of rotatable bonds is 9. The van der Waals surface area contributed by atoms with Crippen LogP contribution in [0.3, 0.4) is 0 Å². The first-order valence-corrected chi connectivity index (χ1v) is 12.1. The van der Waals surface area contributed by atoms with Crippen LogP contribution in [0.1, 0.15) is 18.1 Å². The molecule has 10 nitrogen and oxygen atoms in total. The third kappa shape index (κ3) is 6.58. The van der Waals surface area contributed by atoms with Crippen molar-refractivity contribution in [1.82, 2.24) is 15.0 Å². The van der Waals surface area contributed by atoms with Gasteiger partial charge in [0.05, 0.1) is 38.8 Å². The van der Waals surface area contributed by atoms with E-state index >= 15 is 0 Å². The van der Waals surface area contributed by atoms with E-state index in [0.29, 0.717) is 62.3 Å². The van der Waals surface area contributed by atoms with Gasteiger partial charge in [0.1, 0.15) is 0 Å². The zero-order chi connectivity index (χ0) is 24.6. The molecule has 0 atom stereocenters. The highest BCUT2D eigenvalue weighted by Crippen LogP contribution is 2.28. The number of ether oxygens (including phenoxy) is 3. The predicted octanol–water partition coefficient (Wildman–Crippen LogP) is 4.38. The number of hydrogen-bond donors (Lipinski definition) is 2. The zero-order valence-electron chi connectivity index (χ0n) is 19.9. The molecule has 0 aliphatic carbocycles. The van der Waals surface area contributed by atoms with Gasteiger partial charge in [0.25, 0.3) is 0 Å². The monoisotopic (exact) mass is 541 g/mol. The molecule has 2 heterocycles. The number of benzene rings is 2. The van der Waals surface area contributed by atoms with Gasteiger partial charge in [0, 0.05) is 17.6 Å². The van der Waals surface area contributed by atoms with Gasteiger partial charge in [-0.3, -0.25) is 0 Å². The summed E-state index contributed by atoms with van der Waals surface area (Å²) in [5.74, 6) is 2.61. The molecular weight excluding hydrogens is 514 g/mol. The number of aromatic nitrogens is 3. The standard InChI is InChI=1S/C24H28BrN7O3/c1-4-35-20-8-6-17(14-21(20)33-3)15-26-31-23-28-22(27-19-7-5-16(2)13-18(19)25)29-24(30-23)32-9-11-34-12-10-32/h5-8,13-15H,4,9-12H2,1-3H3,(H2,27,28,29,30,31)/b26-15+. The molecule has 1 aromatic heterocycles. The van der Waals surface area contributed by atoms with Crippen LogP contribution in [0.4, 0.5) is 23.5 Å². The maximum Gasteiger partial charge on any atom is 0.250 e. The summed E-state index contributed by atoms with van der Waals surface area (Å²) in [5, 5.41) is 7.59. The number of hydrazone groups is 1. The Hall–Kier alpha value is -3.44.